The quantitative estimate of drug-likeness (QED) is 0.565. The summed E-state index contributed by atoms with van der Waals surface area (Å²) in [7, 11) is 1.90. The van der Waals surface area contributed by atoms with Crippen LogP contribution in [0.4, 0.5) is 0 Å². The number of nitrogens with two attached hydrogens (primary N) is 1. The number of rotatable bonds is 3. The average molecular weight is 228 g/mol. The van der Waals surface area contributed by atoms with E-state index < -0.39 is 0 Å². The van der Waals surface area contributed by atoms with Gasteiger partial charge in [0, 0.05) is 24.8 Å². The van der Waals surface area contributed by atoms with E-state index in [1.54, 1.807) is 4.68 Å². The van der Waals surface area contributed by atoms with Gasteiger partial charge in [0.15, 0.2) is 0 Å². The lowest BCUT2D eigenvalue weighted by Gasteiger charge is -2.28. The van der Waals surface area contributed by atoms with Crippen molar-refractivity contribution in [2.24, 2.45) is 12.9 Å². The Hall–Kier alpha value is -0.560. The Balaban J connectivity index is 2.08. The molecule has 2 heterocycles. The van der Waals surface area contributed by atoms with Crippen molar-refractivity contribution >= 4 is 11.8 Å². The van der Waals surface area contributed by atoms with Crippen LogP contribution in [0.3, 0.4) is 0 Å². The smallest absolute Gasteiger partial charge is 0.0920 e. The van der Waals surface area contributed by atoms with Crippen molar-refractivity contribution < 1.29 is 4.74 Å². The van der Waals surface area contributed by atoms with Crippen LogP contribution in [0.25, 0.3) is 0 Å². The molecule has 0 spiro atoms. The first-order chi connectivity index (χ1) is 7.31. The van der Waals surface area contributed by atoms with E-state index in [1.807, 2.05) is 31.1 Å². The van der Waals surface area contributed by atoms with Crippen LogP contribution >= 0.6 is 11.8 Å². The fraction of sp³-hybridized carbons (Fsp3) is 0.667. The number of aromatic nitrogens is 2. The highest BCUT2D eigenvalue weighted by molar-refractivity contribution is 7.99. The van der Waals surface area contributed by atoms with Gasteiger partial charge in [-0.3, -0.25) is 10.5 Å². The summed E-state index contributed by atoms with van der Waals surface area (Å²) in [5.74, 6) is 7.59. The molecule has 1 saturated heterocycles. The molecule has 0 amide bonds. The van der Waals surface area contributed by atoms with Gasteiger partial charge in [0.1, 0.15) is 0 Å². The van der Waals surface area contributed by atoms with Crippen molar-refractivity contribution in [1.29, 1.82) is 0 Å². The van der Waals surface area contributed by atoms with Gasteiger partial charge in [0.05, 0.1) is 24.4 Å². The Kier molecular flexibility index (Phi) is 3.63. The van der Waals surface area contributed by atoms with Crippen LogP contribution in [0.5, 0.6) is 0 Å². The Morgan fingerprint density at radius 1 is 1.80 bits per heavy atom. The van der Waals surface area contributed by atoms with Gasteiger partial charge in [-0.1, -0.05) is 0 Å². The lowest BCUT2D eigenvalue weighted by molar-refractivity contribution is 0.0455. The second-order valence-electron chi connectivity index (χ2n) is 3.54. The number of nitrogens with one attached hydrogen (secondary N) is 1. The first kappa shape index (κ1) is 10.9. The molecular weight excluding hydrogens is 212 g/mol. The predicted octanol–water partition coefficient (Wildman–Crippen LogP) is 0.0565. The fourth-order valence-electron chi connectivity index (χ4n) is 1.68. The molecule has 3 N–H and O–H groups in total. The Morgan fingerprint density at radius 2 is 2.67 bits per heavy atom. The summed E-state index contributed by atoms with van der Waals surface area (Å²) in [6.07, 6.45) is 2.03. The Morgan fingerprint density at radius 3 is 3.20 bits per heavy atom. The van der Waals surface area contributed by atoms with Crippen molar-refractivity contribution in [1.82, 2.24) is 15.2 Å². The minimum absolute atomic E-state index is 0.0148. The summed E-state index contributed by atoms with van der Waals surface area (Å²) in [5.41, 5.74) is 3.72. The van der Waals surface area contributed by atoms with Crippen LogP contribution in [0.2, 0.25) is 0 Å². The molecule has 2 rings (SSSR count). The van der Waals surface area contributed by atoms with E-state index in [0.717, 1.165) is 23.8 Å². The van der Waals surface area contributed by atoms with Crippen molar-refractivity contribution in [2.75, 3.05) is 18.1 Å². The molecule has 2 atom stereocenters. The van der Waals surface area contributed by atoms with Gasteiger partial charge in [-0.05, 0) is 6.07 Å². The van der Waals surface area contributed by atoms with Crippen LogP contribution in [0, 0.1) is 0 Å². The zero-order valence-corrected chi connectivity index (χ0v) is 9.54. The third-order valence-electron chi connectivity index (χ3n) is 2.45. The third kappa shape index (κ3) is 2.52. The van der Waals surface area contributed by atoms with E-state index in [0.29, 0.717) is 0 Å². The zero-order valence-electron chi connectivity index (χ0n) is 8.72. The maximum atomic E-state index is 5.68. The summed E-state index contributed by atoms with van der Waals surface area (Å²) < 4.78 is 7.46. The first-order valence-electron chi connectivity index (χ1n) is 4.96. The number of nitrogens with zero attached hydrogens (tertiary/aromatic N) is 2. The van der Waals surface area contributed by atoms with Gasteiger partial charge in [0.2, 0.25) is 0 Å². The molecule has 0 radical (unpaired) electrons. The lowest BCUT2D eigenvalue weighted by Crippen LogP contribution is -2.41. The number of aryl methyl sites for hydroxylation is 1. The van der Waals surface area contributed by atoms with Crippen LogP contribution in [-0.2, 0) is 11.8 Å². The highest BCUT2D eigenvalue weighted by Gasteiger charge is 2.26. The topological polar surface area (TPSA) is 65.1 Å². The van der Waals surface area contributed by atoms with E-state index >= 15 is 0 Å². The van der Waals surface area contributed by atoms with Crippen molar-refractivity contribution in [3.05, 3.63) is 18.0 Å². The minimum Gasteiger partial charge on any atom is -0.374 e. The van der Waals surface area contributed by atoms with Gasteiger partial charge >= 0.3 is 0 Å². The largest absolute Gasteiger partial charge is 0.374 e. The highest BCUT2D eigenvalue weighted by atomic mass is 32.2. The molecule has 0 aromatic carbocycles. The highest BCUT2D eigenvalue weighted by Crippen LogP contribution is 2.23. The molecule has 0 saturated carbocycles. The van der Waals surface area contributed by atoms with Crippen molar-refractivity contribution in [2.45, 2.75) is 12.1 Å². The normalized spacial score (nSPS) is 24.0. The van der Waals surface area contributed by atoms with Gasteiger partial charge in [-0.15, -0.1) is 0 Å². The maximum Gasteiger partial charge on any atom is 0.0920 e. The van der Waals surface area contributed by atoms with Gasteiger partial charge in [-0.2, -0.15) is 16.9 Å². The van der Waals surface area contributed by atoms with E-state index in [1.165, 1.54) is 0 Å². The molecule has 5 nitrogen and oxygen atoms in total. The predicted molar refractivity (Wildman–Crippen MR) is 60.3 cm³/mol. The number of hydrogen-bond donors (Lipinski definition) is 2. The third-order valence-corrected chi connectivity index (χ3v) is 3.47. The second kappa shape index (κ2) is 4.98. The fourth-order valence-corrected chi connectivity index (χ4v) is 2.58. The first-order valence-corrected chi connectivity index (χ1v) is 6.12. The second-order valence-corrected chi connectivity index (χ2v) is 4.69. The summed E-state index contributed by atoms with van der Waals surface area (Å²) >= 11 is 1.89. The molecule has 84 valence electrons. The molecule has 0 aliphatic carbocycles. The number of thioether (sulfide) groups is 1. The van der Waals surface area contributed by atoms with E-state index in [4.69, 9.17) is 10.6 Å². The summed E-state index contributed by atoms with van der Waals surface area (Å²) in [5, 5.41) is 4.34. The van der Waals surface area contributed by atoms with Gasteiger partial charge < -0.3 is 4.74 Å². The van der Waals surface area contributed by atoms with E-state index in [2.05, 4.69) is 10.5 Å². The summed E-state index contributed by atoms with van der Waals surface area (Å²) in [4.78, 5) is 0. The van der Waals surface area contributed by atoms with Crippen LogP contribution in [0.15, 0.2) is 12.3 Å². The van der Waals surface area contributed by atoms with Crippen molar-refractivity contribution in [3.8, 4) is 0 Å². The maximum absolute atomic E-state index is 5.68. The zero-order chi connectivity index (χ0) is 10.7. The standard InChI is InChI=1S/C9H16N4OS/c1-13-3-2-7(12-13)9(11-10)8-6-15-5-4-14-8/h2-3,8-9,11H,4-6,10H2,1H3. The lowest BCUT2D eigenvalue weighted by atomic mass is 10.1. The number of hydrogen-bond acceptors (Lipinski definition) is 5. The molecule has 1 aromatic heterocycles. The molecule has 1 fully saturated rings. The molecule has 2 unspecified atom stereocenters. The van der Waals surface area contributed by atoms with Gasteiger partial charge in [0.25, 0.3) is 0 Å². The van der Waals surface area contributed by atoms with Gasteiger partial charge in [-0.25, -0.2) is 5.43 Å². The van der Waals surface area contributed by atoms with E-state index in [-0.39, 0.29) is 12.1 Å². The van der Waals surface area contributed by atoms with Crippen LogP contribution in [0.1, 0.15) is 11.7 Å². The van der Waals surface area contributed by atoms with Crippen LogP contribution < -0.4 is 11.3 Å². The minimum atomic E-state index is -0.0148. The average Bonchev–Trinajstić information content (AvgIpc) is 2.68. The number of ether oxygens (including phenoxy) is 1. The summed E-state index contributed by atoms with van der Waals surface area (Å²) in [6, 6.07) is 1.95. The molecule has 15 heavy (non-hydrogen) atoms. The van der Waals surface area contributed by atoms with E-state index in [9.17, 15) is 0 Å². The summed E-state index contributed by atoms with van der Waals surface area (Å²) in [6.45, 7) is 0.792. The molecule has 1 aliphatic heterocycles. The monoisotopic (exact) mass is 228 g/mol. The molecule has 1 aromatic rings. The van der Waals surface area contributed by atoms with Crippen molar-refractivity contribution in [3.63, 3.8) is 0 Å². The molecule has 0 bridgehead atoms. The number of hydrazine groups is 1. The SMILES string of the molecule is Cn1ccc(C(NN)C2CSCCO2)n1. The molecule has 6 heteroatoms. The Labute approximate surface area is 93.3 Å². The Bertz CT molecular complexity index is 311. The van der Waals surface area contributed by atoms with Crippen LogP contribution in [-0.4, -0.2) is 34.0 Å². The molecular formula is C9H16N4OS. The molecule has 1 aliphatic rings.